The van der Waals surface area contributed by atoms with E-state index in [9.17, 15) is 13.2 Å². The fraction of sp³-hybridized carbons (Fsp3) is 0. The summed E-state index contributed by atoms with van der Waals surface area (Å²) in [6.45, 7) is 0. The van der Waals surface area contributed by atoms with Gasteiger partial charge in [-0.1, -0.05) is 23.7 Å². The lowest BCUT2D eigenvalue weighted by atomic mass is 10.3. The molecule has 0 aliphatic carbocycles. The molecule has 0 aromatic heterocycles. The number of carbonyl (C=O) groups is 1. The minimum atomic E-state index is -4.25. The van der Waals surface area contributed by atoms with Crippen molar-refractivity contribution >= 4 is 52.1 Å². The summed E-state index contributed by atoms with van der Waals surface area (Å²) >= 11 is 14.4. The van der Waals surface area contributed by atoms with Crippen LogP contribution in [0, 0.1) is 0 Å². The number of primary amides is 1. The summed E-state index contributed by atoms with van der Waals surface area (Å²) in [5, 5.41) is -0.242. The molecule has 0 aliphatic heterocycles. The van der Waals surface area contributed by atoms with Crippen LogP contribution in [0.25, 0.3) is 0 Å². The van der Waals surface area contributed by atoms with Crippen LogP contribution in [0.2, 0.25) is 0 Å². The first kappa shape index (κ1) is 16.0. The third-order valence-electron chi connectivity index (χ3n) is 1.84. The lowest BCUT2D eigenvalue weighted by Gasteiger charge is -2.15. The van der Waals surface area contributed by atoms with Crippen molar-refractivity contribution in [3.05, 3.63) is 35.0 Å². The lowest BCUT2D eigenvalue weighted by molar-refractivity contribution is 0.245. The number of urea groups is 1. The van der Waals surface area contributed by atoms with Crippen molar-refractivity contribution < 1.29 is 17.9 Å². The Morgan fingerprint density at radius 2 is 2.00 bits per heavy atom. The van der Waals surface area contributed by atoms with E-state index >= 15 is 0 Å². The number of nitrogens with two attached hydrogens (primary N) is 1. The molecule has 0 aliphatic rings. The third-order valence-corrected chi connectivity index (χ3v) is 4.70. The summed E-state index contributed by atoms with van der Waals surface area (Å²) in [5.41, 5.74) is 5.78. The molecule has 2 amide bonds. The fourth-order valence-electron chi connectivity index (χ4n) is 1.09. The van der Waals surface area contributed by atoms with E-state index < -0.39 is 16.1 Å². The molecule has 1 aromatic carbocycles. The molecule has 0 saturated heterocycles. The normalized spacial score (nSPS) is 12.1. The van der Waals surface area contributed by atoms with Gasteiger partial charge in [0.05, 0.1) is 5.54 Å². The predicted octanol–water partition coefficient (Wildman–Crippen LogP) is 2.26. The molecule has 104 valence electrons. The first-order valence-corrected chi connectivity index (χ1v) is 7.22. The molecule has 1 rings (SSSR count). The van der Waals surface area contributed by atoms with Crippen molar-refractivity contribution in [1.82, 2.24) is 3.71 Å². The highest BCUT2D eigenvalue weighted by molar-refractivity contribution is 8.00. The maximum absolute atomic E-state index is 12.0. The molecule has 0 heterocycles. The van der Waals surface area contributed by atoms with Crippen molar-refractivity contribution in [2.45, 2.75) is 4.90 Å². The Kier molecular flexibility index (Phi) is 5.36. The molecular formula is C9H8Cl2N2O4S2. The van der Waals surface area contributed by atoms with E-state index in [0.29, 0.717) is 0 Å². The summed E-state index contributed by atoms with van der Waals surface area (Å²) in [4.78, 5) is 10.6. The standard InChI is InChI=1S/C9H8Cl2N2O4S2/c10-5-8(11)17-6-3-1-2-4-7(6)19(15,16)13(18)9(12)14/h1-5,18H,(H2,12,14)/b8-5+. The number of hydrogen-bond donors (Lipinski definition) is 2. The average molecular weight is 343 g/mol. The smallest absolute Gasteiger partial charge is 0.339 e. The molecule has 0 fully saturated rings. The fourth-order valence-corrected chi connectivity index (χ4v) is 2.52. The van der Waals surface area contributed by atoms with Crippen LogP contribution >= 0.6 is 36.0 Å². The number of hydrogen-bond acceptors (Lipinski definition) is 5. The highest BCUT2D eigenvalue weighted by Gasteiger charge is 2.28. The summed E-state index contributed by atoms with van der Waals surface area (Å²) < 4.78 is 29.2. The molecule has 2 N–H and O–H groups in total. The maximum atomic E-state index is 12.0. The number of halogens is 2. The largest absolute Gasteiger partial charge is 0.443 e. The number of benzene rings is 1. The second kappa shape index (κ2) is 6.38. The van der Waals surface area contributed by atoms with E-state index in [4.69, 9.17) is 33.7 Å². The van der Waals surface area contributed by atoms with Gasteiger partial charge in [0, 0.05) is 0 Å². The molecule has 0 radical (unpaired) electrons. The predicted molar refractivity (Wildman–Crippen MR) is 74.5 cm³/mol. The second-order valence-electron chi connectivity index (χ2n) is 3.05. The number of ether oxygens (including phenoxy) is 1. The lowest BCUT2D eigenvalue weighted by Crippen LogP contribution is -2.33. The Labute approximate surface area is 125 Å². The van der Waals surface area contributed by atoms with Gasteiger partial charge in [0.2, 0.25) is 5.22 Å². The van der Waals surface area contributed by atoms with Gasteiger partial charge in [-0.25, -0.2) is 4.79 Å². The van der Waals surface area contributed by atoms with Crippen LogP contribution in [-0.4, -0.2) is 18.2 Å². The molecule has 10 heteroatoms. The topological polar surface area (TPSA) is 89.7 Å². The zero-order chi connectivity index (χ0) is 14.6. The average Bonchev–Trinajstić information content (AvgIpc) is 2.37. The van der Waals surface area contributed by atoms with Crippen molar-refractivity contribution in [3.8, 4) is 5.75 Å². The van der Waals surface area contributed by atoms with E-state index in [1.54, 1.807) is 0 Å². The van der Waals surface area contributed by atoms with E-state index in [1.807, 2.05) is 0 Å². The van der Waals surface area contributed by atoms with Gasteiger partial charge in [0.15, 0.2) is 0 Å². The van der Waals surface area contributed by atoms with Crippen LogP contribution in [0.15, 0.2) is 39.9 Å². The summed E-state index contributed by atoms with van der Waals surface area (Å²) in [6, 6.07) is 4.23. The number of amides is 2. The zero-order valence-electron chi connectivity index (χ0n) is 9.16. The van der Waals surface area contributed by atoms with Crippen molar-refractivity contribution in [1.29, 1.82) is 0 Å². The number of nitrogens with zero attached hydrogens (tertiary/aromatic N) is 1. The number of sulfonamides is 1. The molecule has 0 spiro atoms. The Balaban J connectivity index is 3.32. The van der Waals surface area contributed by atoms with Gasteiger partial charge in [-0.05, 0) is 36.5 Å². The first-order chi connectivity index (χ1) is 8.80. The van der Waals surface area contributed by atoms with Crippen LogP contribution in [0.4, 0.5) is 4.79 Å². The van der Waals surface area contributed by atoms with E-state index in [-0.39, 0.29) is 19.6 Å². The Morgan fingerprint density at radius 3 is 2.53 bits per heavy atom. The monoisotopic (exact) mass is 342 g/mol. The van der Waals surface area contributed by atoms with Crippen LogP contribution < -0.4 is 10.5 Å². The van der Waals surface area contributed by atoms with E-state index in [1.165, 1.54) is 24.3 Å². The van der Waals surface area contributed by atoms with Crippen molar-refractivity contribution in [3.63, 3.8) is 0 Å². The summed E-state index contributed by atoms with van der Waals surface area (Å²) in [6.07, 6.45) is 0. The number of rotatable bonds is 4. The van der Waals surface area contributed by atoms with Gasteiger partial charge in [-0.2, -0.15) is 12.1 Å². The highest BCUT2D eigenvalue weighted by Crippen LogP contribution is 2.29. The number of para-hydroxylation sites is 1. The Hall–Kier alpha value is -1.09. The van der Waals surface area contributed by atoms with Crippen LogP contribution in [0.3, 0.4) is 0 Å². The number of thiol groups is 1. The molecule has 0 unspecified atom stereocenters. The molecule has 0 bridgehead atoms. The highest BCUT2D eigenvalue weighted by atomic mass is 35.5. The second-order valence-corrected chi connectivity index (χ2v) is 6.06. The molecule has 1 aromatic rings. The van der Waals surface area contributed by atoms with Gasteiger partial charge in [-0.15, -0.1) is 0 Å². The Morgan fingerprint density at radius 1 is 1.42 bits per heavy atom. The minimum absolute atomic E-state index is 0.0908. The molecule has 0 atom stereocenters. The van der Waals surface area contributed by atoms with Crippen LogP contribution in [0.1, 0.15) is 0 Å². The Bertz CT molecular complexity index is 618. The summed E-state index contributed by atoms with van der Waals surface area (Å²) in [5.74, 6) is -0.121. The van der Waals surface area contributed by atoms with Gasteiger partial charge in [0.25, 0.3) is 10.0 Å². The molecular weight excluding hydrogens is 335 g/mol. The minimum Gasteiger partial charge on any atom is -0.443 e. The van der Waals surface area contributed by atoms with Gasteiger partial charge in [0.1, 0.15) is 10.6 Å². The number of carbonyl (C=O) groups excluding carboxylic acids is 1. The summed E-state index contributed by atoms with van der Waals surface area (Å²) in [7, 11) is -4.25. The van der Waals surface area contributed by atoms with Crippen LogP contribution in [-0.2, 0) is 10.0 Å². The van der Waals surface area contributed by atoms with Gasteiger partial charge < -0.3 is 10.5 Å². The zero-order valence-corrected chi connectivity index (χ0v) is 12.4. The first-order valence-electron chi connectivity index (χ1n) is 4.57. The van der Waals surface area contributed by atoms with Crippen molar-refractivity contribution in [2.75, 3.05) is 0 Å². The van der Waals surface area contributed by atoms with E-state index in [0.717, 1.165) is 5.54 Å². The van der Waals surface area contributed by atoms with Crippen LogP contribution in [0.5, 0.6) is 5.75 Å². The molecule has 0 saturated carbocycles. The van der Waals surface area contributed by atoms with Crippen molar-refractivity contribution in [2.24, 2.45) is 5.73 Å². The van der Waals surface area contributed by atoms with Gasteiger partial charge >= 0.3 is 6.03 Å². The van der Waals surface area contributed by atoms with Gasteiger partial charge in [-0.3, -0.25) is 0 Å². The third kappa shape index (κ3) is 3.69. The quantitative estimate of drug-likeness (QED) is 0.648. The molecule has 19 heavy (non-hydrogen) atoms. The maximum Gasteiger partial charge on any atom is 0.339 e. The SMILES string of the molecule is NC(=O)N(S)S(=O)(=O)c1ccccc1O/C(Cl)=C/Cl. The van der Waals surface area contributed by atoms with E-state index in [2.05, 4.69) is 12.8 Å². The molecule has 6 nitrogen and oxygen atoms in total.